The molecule has 1 unspecified atom stereocenters. The molecule has 0 aliphatic carbocycles. The smallest absolute Gasteiger partial charge is 0.322 e. The molecule has 0 fully saturated rings. The third-order valence-electron chi connectivity index (χ3n) is 1.67. The van der Waals surface area contributed by atoms with E-state index in [-0.39, 0.29) is 12.6 Å². The minimum atomic E-state index is -0.439. The fraction of sp³-hybridized carbons (Fsp3) is 0.300. The van der Waals surface area contributed by atoms with E-state index in [1.165, 1.54) is 7.11 Å². The molecular weight excluding hydrogens is 328 g/mol. The molecule has 0 saturated carbocycles. The highest BCUT2D eigenvalue weighted by Gasteiger charge is 2.15. The first kappa shape index (κ1) is 12.5. The highest BCUT2D eigenvalue weighted by Crippen LogP contribution is 2.17. The number of hydrogen-bond acceptors (Lipinski definition) is 3. The summed E-state index contributed by atoms with van der Waals surface area (Å²) in [7, 11) is 1.34. The molecule has 0 spiro atoms. The van der Waals surface area contributed by atoms with Gasteiger partial charge in [-0.15, -0.1) is 0 Å². The lowest BCUT2D eigenvalue weighted by Gasteiger charge is -2.09. The van der Waals surface area contributed by atoms with Crippen molar-refractivity contribution in [2.75, 3.05) is 13.7 Å². The van der Waals surface area contributed by atoms with Gasteiger partial charge in [-0.25, -0.2) is 0 Å². The summed E-state index contributed by atoms with van der Waals surface area (Å²) < 4.78 is 10.9. The predicted octanol–water partition coefficient (Wildman–Crippen LogP) is 2.76. The molecule has 0 aliphatic rings. The van der Waals surface area contributed by atoms with E-state index in [2.05, 4.69) is 36.6 Å². The van der Waals surface area contributed by atoms with Crippen LogP contribution in [-0.4, -0.2) is 24.5 Å². The summed E-state index contributed by atoms with van der Waals surface area (Å²) in [6, 6.07) is 7.38. The molecule has 0 bridgehead atoms. The van der Waals surface area contributed by atoms with E-state index in [1.54, 1.807) is 0 Å². The summed E-state index contributed by atoms with van der Waals surface area (Å²) in [6.07, 6.45) is 0. The first-order chi connectivity index (χ1) is 7.13. The molecule has 1 atom stereocenters. The maximum absolute atomic E-state index is 11.0. The fourth-order valence-electron chi connectivity index (χ4n) is 0.896. The third-order valence-corrected chi connectivity index (χ3v) is 2.83. The summed E-state index contributed by atoms with van der Waals surface area (Å²) in [5.74, 6) is 0.374. The Morgan fingerprint density at radius 2 is 2.00 bits per heavy atom. The normalized spacial score (nSPS) is 11.9. The molecule has 0 N–H and O–H groups in total. The number of carbonyl (C=O) groups is 1. The second-order valence-corrected chi connectivity index (χ2v) is 4.78. The first-order valence-corrected chi connectivity index (χ1v) is 5.94. The number of ether oxygens (including phenoxy) is 2. The molecule has 0 heterocycles. The van der Waals surface area contributed by atoms with Gasteiger partial charge >= 0.3 is 5.97 Å². The van der Waals surface area contributed by atoms with Gasteiger partial charge in [0.15, 0.2) is 0 Å². The van der Waals surface area contributed by atoms with Crippen LogP contribution in [0.3, 0.4) is 0 Å². The van der Waals surface area contributed by atoms with Gasteiger partial charge in [0.25, 0.3) is 0 Å². The molecular formula is C10H10Br2O3. The quantitative estimate of drug-likeness (QED) is 0.626. The number of rotatable bonds is 4. The molecule has 1 rings (SSSR count). The summed E-state index contributed by atoms with van der Waals surface area (Å²) in [4.78, 5) is 10.6. The van der Waals surface area contributed by atoms with Crippen molar-refractivity contribution >= 4 is 37.8 Å². The van der Waals surface area contributed by atoms with Gasteiger partial charge in [0, 0.05) is 4.47 Å². The molecule has 1 aromatic rings. The van der Waals surface area contributed by atoms with Crippen LogP contribution < -0.4 is 4.74 Å². The maximum Gasteiger partial charge on any atom is 0.322 e. The zero-order valence-electron chi connectivity index (χ0n) is 8.07. The lowest BCUT2D eigenvalue weighted by atomic mass is 10.3. The molecule has 3 nitrogen and oxygen atoms in total. The second kappa shape index (κ2) is 6.12. The van der Waals surface area contributed by atoms with Crippen molar-refractivity contribution in [3.8, 4) is 5.75 Å². The zero-order chi connectivity index (χ0) is 11.3. The molecule has 5 heteroatoms. The first-order valence-electron chi connectivity index (χ1n) is 4.23. The molecule has 0 aliphatic heterocycles. The Labute approximate surface area is 105 Å². The molecule has 1 aromatic carbocycles. The largest absolute Gasteiger partial charge is 0.492 e. The molecule has 15 heavy (non-hydrogen) atoms. The summed E-state index contributed by atoms with van der Waals surface area (Å²) in [5, 5.41) is 0. The van der Waals surface area contributed by atoms with E-state index in [0.717, 1.165) is 4.47 Å². The summed E-state index contributed by atoms with van der Waals surface area (Å²) in [6.45, 7) is 0.244. The number of carbonyl (C=O) groups excluding carboxylic acids is 1. The van der Waals surface area contributed by atoms with Gasteiger partial charge in [0.05, 0.1) is 7.11 Å². The average Bonchev–Trinajstić information content (AvgIpc) is 2.26. The van der Waals surface area contributed by atoms with Crippen LogP contribution in [0.15, 0.2) is 28.7 Å². The lowest BCUT2D eigenvalue weighted by molar-refractivity contribution is -0.140. The van der Waals surface area contributed by atoms with E-state index in [9.17, 15) is 4.79 Å². The van der Waals surface area contributed by atoms with Crippen molar-refractivity contribution in [3.05, 3.63) is 28.7 Å². The Hall–Kier alpha value is -0.550. The number of benzene rings is 1. The van der Waals surface area contributed by atoms with Gasteiger partial charge in [-0.05, 0) is 24.3 Å². The minimum Gasteiger partial charge on any atom is -0.492 e. The van der Waals surface area contributed by atoms with Crippen LogP contribution in [0, 0.1) is 0 Å². The Balaban J connectivity index is 2.43. The van der Waals surface area contributed by atoms with Crippen LogP contribution in [0.4, 0.5) is 0 Å². The van der Waals surface area contributed by atoms with E-state index >= 15 is 0 Å². The van der Waals surface area contributed by atoms with Crippen LogP contribution in [0.1, 0.15) is 0 Å². The molecule has 0 aromatic heterocycles. The van der Waals surface area contributed by atoms with E-state index in [4.69, 9.17) is 4.74 Å². The van der Waals surface area contributed by atoms with Crippen molar-refractivity contribution in [1.82, 2.24) is 0 Å². The lowest BCUT2D eigenvalue weighted by Crippen LogP contribution is -2.22. The monoisotopic (exact) mass is 336 g/mol. The van der Waals surface area contributed by atoms with Crippen molar-refractivity contribution in [3.63, 3.8) is 0 Å². The molecule has 0 saturated heterocycles. The highest BCUT2D eigenvalue weighted by molar-refractivity contribution is 9.10. The topological polar surface area (TPSA) is 35.5 Å². The Morgan fingerprint density at radius 1 is 1.40 bits per heavy atom. The summed E-state index contributed by atoms with van der Waals surface area (Å²) >= 11 is 6.49. The Morgan fingerprint density at radius 3 is 2.53 bits per heavy atom. The number of alkyl halides is 1. The van der Waals surface area contributed by atoms with Crippen LogP contribution in [-0.2, 0) is 9.53 Å². The Kier molecular flexibility index (Phi) is 5.11. The minimum absolute atomic E-state index is 0.244. The van der Waals surface area contributed by atoms with Crippen molar-refractivity contribution in [2.24, 2.45) is 0 Å². The maximum atomic E-state index is 11.0. The summed E-state index contributed by atoms with van der Waals surface area (Å²) in [5.41, 5.74) is 0. The Bertz CT molecular complexity index is 324. The van der Waals surface area contributed by atoms with E-state index < -0.39 is 4.83 Å². The van der Waals surface area contributed by atoms with Gasteiger partial charge in [0.1, 0.15) is 17.2 Å². The van der Waals surface area contributed by atoms with Crippen molar-refractivity contribution < 1.29 is 14.3 Å². The number of esters is 1. The van der Waals surface area contributed by atoms with Gasteiger partial charge in [-0.3, -0.25) is 4.79 Å². The number of methoxy groups -OCH3 is 1. The van der Waals surface area contributed by atoms with Gasteiger partial charge < -0.3 is 9.47 Å². The van der Waals surface area contributed by atoms with Crippen molar-refractivity contribution in [2.45, 2.75) is 4.83 Å². The molecule has 0 radical (unpaired) electrons. The van der Waals surface area contributed by atoms with Crippen molar-refractivity contribution in [1.29, 1.82) is 0 Å². The van der Waals surface area contributed by atoms with E-state index in [1.807, 2.05) is 24.3 Å². The average molecular weight is 338 g/mol. The predicted molar refractivity (Wildman–Crippen MR) is 64.4 cm³/mol. The van der Waals surface area contributed by atoms with Crippen LogP contribution in [0.25, 0.3) is 0 Å². The van der Waals surface area contributed by atoms with Gasteiger partial charge in [0.2, 0.25) is 0 Å². The number of halogens is 2. The fourth-order valence-corrected chi connectivity index (χ4v) is 1.48. The van der Waals surface area contributed by atoms with Crippen LogP contribution in [0.2, 0.25) is 0 Å². The van der Waals surface area contributed by atoms with Gasteiger partial charge in [-0.2, -0.15) is 0 Å². The van der Waals surface area contributed by atoms with Crippen LogP contribution >= 0.6 is 31.9 Å². The third kappa shape index (κ3) is 4.22. The second-order valence-electron chi connectivity index (χ2n) is 2.76. The standard InChI is InChI=1S/C10H10Br2O3/c1-14-10(13)9(12)6-15-8-4-2-7(11)3-5-8/h2-5,9H,6H2,1H3. The highest BCUT2D eigenvalue weighted by atomic mass is 79.9. The molecule has 0 amide bonds. The zero-order valence-corrected chi connectivity index (χ0v) is 11.2. The van der Waals surface area contributed by atoms with Gasteiger partial charge in [-0.1, -0.05) is 31.9 Å². The number of hydrogen-bond donors (Lipinski definition) is 0. The molecule has 82 valence electrons. The SMILES string of the molecule is COC(=O)C(Br)COc1ccc(Br)cc1. The van der Waals surface area contributed by atoms with Crippen LogP contribution in [0.5, 0.6) is 5.75 Å². The van der Waals surface area contributed by atoms with E-state index in [0.29, 0.717) is 5.75 Å².